The second-order valence-electron chi connectivity index (χ2n) is 8.29. The van der Waals surface area contributed by atoms with E-state index in [0.29, 0.717) is 23.6 Å². The first kappa shape index (κ1) is 25.7. The average Bonchev–Trinajstić information content (AvgIpc) is 3.13. The first-order valence-electron chi connectivity index (χ1n) is 11.4. The second-order valence-corrected chi connectivity index (χ2v) is 8.29. The van der Waals surface area contributed by atoms with Crippen LogP contribution in [-0.2, 0) is 9.59 Å². The van der Waals surface area contributed by atoms with Crippen LogP contribution < -0.4 is 14.4 Å². The maximum absolute atomic E-state index is 13.2. The highest BCUT2D eigenvalue weighted by atomic mass is 19.4. The molecule has 1 amide bonds. The van der Waals surface area contributed by atoms with Crippen LogP contribution in [0.15, 0.2) is 72.4 Å². The number of rotatable bonds is 7. The zero-order valence-corrected chi connectivity index (χ0v) is 20.0. The summed E-state index contributed by atoms with van der Waals surface area (Å²) in [5.41, 5.74) is 1.25. The van der Waals surface area contributed by atoms with Gasteiger partial charge in [-0.25, -0.2) is 0 Å². The number of aromatic nitrogens is 1. The molecular weight excluding hydrogens is 489 g/mol. The molecule has 4 rings (SSSR count). The standard InChI is InChI=1S/C27H23F3N2O5/c1-3-14-36-21-12-7-17(15-16(21)2)24(33)22-23(20-6-4-5-13-31-20)32(26(35)25(22)34)18-8-10-19(11-9-18)37-27(28,29)30/h4-13,15,23,33H,3,14H2,1-2H3/b24-22-. The van der Waals surface area contributed by atoms with Gasteiger partial charge in [0.25, 0.3) is 11.7 Å². The van der Waals surface area contributed by atoms with Crippen molar-refractivity contribution in [3.63, 3.8) is 0 Å². The minimum absolute atomic E-state index is 0.130. The number of benzene rings is 2. The molecule has 7 nitrogen and oxygen atoms in total. The lowest BCUT2D eigenvalue weighted by Crippen LogP contribution is -2.29. The van der Waals surface area contributed by atoms with Crippen molar-refractivity contribution in [3.05, 3.63) is 89.3 Å². The number of anilines is 1. The molecule has 1 N–H and O–H groups in total. The van der Waals surface area contributed by atoms with Gasteiger partial charge in [-0.2, -0.15) is 0 Å². The molecule has 1 unspecified atom stereocenters. The van der Waals surface area contributed by atoms with E-state index >= 15 is 0 Å². The molecule has 37 heavy (non-hydrogen) atoms. The molecule has 192 valence electrons. The van der Waals surface area contributed by atoms with Gasteiger partial charge in [0, 0.05) is 17.4 Å². The molecular formula is C27H23F3N2O5. The van der Waals surface area contributed by atoms with Gasteiger partial charge in [0.2, 0.25) is 0 Å². The zero-order valence-electron chi connectivity index (χ0n) is 20.0. The van der Waals surface area contributed by atoms with Crippen LogP contribution in [0.1, 0.15) is 36.2 Å². The quantitative estimate of drug-likeness (QED) is 0.248. The molecule has 0 aliphatic carbocycles. The van der Waals surface area contributed by atoms with E-state index in [1.54, 1.807) is 43.3 Å². The molecule has 3 aromatic rings. The summed E-state index contributed by atoms with van der Waals surface area (Å²) in [6, 6.07) is 13.2. The van der Waals surface area contributed by atoms with Crippen LogP contribution in [0.5, 0.6) is 11.5 Å². The molecule has 1 atom stereocenters. The number of carbonyl (C=O) groups is 2. The largest absolute Gasteiger partial charge is 0.573 e. The molecule has 10 heteroatoms. The lowest BCUT2D eigenvalue weighted by molar-refractivity contribution is -0.274. The Labute approximate surface area is 210 Å². The SMILES string of the molecule is CCCOc1ccc(/C(O)=C2/C(=O)C(=O)N(c3ccc(OC(F)(F)F)cc3)C2c2ccccn2)cc1C. The van der Waals surface area contributed by atoms with E-state index < -0.39 is 35.6 Å². The molecule has 0 bridgehead atoms. The normalized spacial score (nSPS) is 17.2. The third-order valence-corrected chi connectivity index (χ3v) is 5.67. The van der Waals surface area contributed by atoms with E-state index in [9.17, 15) is 27.9 Å². The Morgan fingerprint density at radius 3 is 2.41 bits per heavy atom. The fourth-order valence-electron chi connectivity index (χ4n) is 4.05. The van der Waals surface area contributed by atoms with Gasteiger partial charge in [0.05, 0.1) is 17.9 Å². The number of ether oxygens (including phenoxy) is 2. The van der Waals surface area contributed by atoms with E-state index in [2.05, 4.69) is 9.72 Å². The summed E-state index contributed by atoms with van der Waals surface area (Å²) in [5, 5.41) is 11.2. The van der Waals surface area contributed by atoms with Crippen LogP contribution in [0.4, 0.5) is 18.9 Å². The van der Waals surface area contributed by atoms with Crippen LogP contribution >= 0.6 is 0 Å². The van der Waals surface area contributed by atoms with Crippen LogP contribution in [-0.4, -0.2) is 34.8 Å². The minimum Gasteiger partial charge on any atom is -0.507 e. The number of nitrogens with zero attached hydrogens (tertiary/aromatic N) is 2. The van der Waals surface area contributed by atoms with E-state index in [-0.39, 0.29) is 11.3 Å². The number of aliphatic hydroxyl groups excluding tert-OH is 1. The number of aryl methyl sites for hydroxylation is 1. The molecule has 0 saturated carbocycles. The highest BCUT2D eigenvalue weighted by molar-refractivity contribution is 6.51. The topological polar surface area (TPSA) is 89.0 Å². The Balaban J connectivity index is 1.80. The van der Waals surface area contributed by atoms with Crippen LogP contribution in [0.3, 0.4) is 0 Å². The third-order valence-electron chi connectivity index (χ3n) is 5.67. The molecule has 1 saturated heterocycles. The summed E-state index contributed by atoms with van der Waals surface area (Å²) in [4.78, 5) is 31.7. The molecule has 1 aliphatic heterocycles. The number of amides is 1. The summed E-state index contributed by atoms with van der Waals surface area (Å²) in [7, 11) is 0. The van der Waals surface area contributed by atoms with Gasteiger partial charge in [-0.05, 0) is 73.5 Å². The number of hydrogen-bond acceptors (Lipinski definition) is 6. The smallest absolute Gasteiger partial charge is 0.507 e. The summed E-state index contributed by atoms with van der Waals surface area (Å²) in [5.74, 6) is -2.17. The van der Waals surface area contributed by atoms with Crippen LogP contribution in [0.2, 0.25) is 0 Å². The number of alkyl halides is 3. The number of aliphatic hydroxyl groups is 1. The summed E-state index contributed by atoms with van der Waals surface area (Å²) in [6.45, 7) is 4.29. The number of halogens is 3. The zero-order chi connectivity index (χ0) is 26.7. The molecule has 1 aromatic heterocycles. The van der Waals surface area contributed by atoms with Crippen molar-refractivity contribution in [3.8, 4) is 11.5 Å². The van der Waals surface area contributed by atoms with E-state index in [1.807, 2.05) is 6.92 Å². The molecule has 2 heterocycles. The molecule has 0 radical (unpaired) electrons. The predicted octanol–water partition coefficient (Wildman–Crippen LogP) is 5.70. The fourth-order valence-corrected chi connectivity index (χ4v) is 4.05. The van der Waals surface area contributed by atoms with Crippen molar-refractivity contribution in [2.45, 2.75) is 32.7 Å². The number of Topliss-reactive ketones (excluding diaryl/α,β-unsaturated/α-hetero) is 1. The Hall–Kier alpha value is -4.34. The van der Waals surface area contributed by atoms with Gasteiger partial charge in [-0.3, -0.25) is 19.5 Å². The Morgan fingerprint density at radius 2 is 1.81 bits per heavy atom. The van der Waals surface area contributed by atoms with E-state index in [1.165, 1.54) is 18.3 Å². The van der Waals surface area contributed by atoms with Crippen LogP contribution in [0.25, 0.3) is 5.76 Å². The average molecular weight is 512 g/mol. The summed E-state index contributed by atoms with van der Waals surface area (Å²) in [6.07, 6.45) is -2.59. The Bertz CT molecular complexity index is 1340. The maximum atomic E-state index is 13.2. The van der Waals surface area contributed by atoms with Crippen molar-refractivity contribution >= 4 is 23.1 Å². The van der Waals surface area contributed by atoms with Gasteiger partial charge in [-0.1, -0.05) is 13.0 Å². The first-order valence-corrected chi connectivity index (χ1v) is 11.4. The maximum Gasteiger partial charge on any atom is 0.573 e. The van der Waals surface area contributed by atoms with Crippen molar-refractivity contribution < 1.29 is 37.3 Å². The lowest BCUT2D eigenvalue weighted by atomic mass is 9.97. The van der Waals surface area contributed by atoms with Crippen molar-refractivity contribution in [1.82, 2.24) is 4.98 Å². The predicted molar refractivity (Wildman–Crippen MR) is 129 cm³/mol. The first-order chi connectivity index (χ1) is 17.6. The summed E-state index contributed by atoms with van der Waals surface area (Å²) >= 11 is 0. The van der Waals surface area contributed by atoms with E-state index in [0.717, 1.165) is 29.0 Å². The molecule has 2 aromatic carbocycles. The molecule has 0 spiro atoms. The lowest BCUT2D eigenvalue weighted by Gasteiger charge is -2.25. The number of carbonyl (C=O) groups excluding carboxylic acids is 2. The van der Waals surface area contributed by atoms with Gasteiger partial charge in [-0.15, -0.1) is 13.2 Å². The highest BCUT2D eigenvalue weighted by Crippen LogP contribution is 2.42. The van der Waals surface area contributed by atoms with Crippen molar-refractivity contribution in [1.29, 1.82) is 0 Å². The Kier molecular flexibility index (Phi) is 7.19. The fraction of sp³-hybridized carbons (Fsp3) is 0.222. The molecule has 1 fully saturated rings. The van der Waals surface area contributed by atoms with Crippen molar-refractivity contribution in [2.24, 2.45) is 0 Å². The number of hydrogen-bond donors (Lipinski definition) is 1. The van der Waals surface area contributed by atoms with Gasteiger partial charge in [0.1, 0.15) is 23.3 Å². The minimum atomic E-state index is -4.88. The van der Waals surface area contributed by atoms with E-state index in [4.69, 9.17) is 4.74 Å². The monoisotopic (exact) mass is 512 g/mol. The number of pyridine rings is 1. The second kappa shape index (κ2) is 10.3. The van der Waals surface area contributed by atoms with Gasteiger partial charge < -0.3 is 14.6 Å². The van der Waals surface area contributed by atoms with Crippen LogP contribution in [0, 0.1) is 6.92 Å². The Morgan fingerprint density at radius 1 is 1.08 bits per heavy atom. The number of ketones is 1. The summed E-state index contributed by atoms with van der Waals surface area (Å²) < 4.78 is 47.3. The van der Waals surface area contributed by atoms with Crippen molar-refractivity contribution in [2.75, 3.05) is 11.5 Å². The third kappa shape index (κ3) is 5.42. The van der Waals surface area contributed by atoms with Gasteiger partial charge >= 0.3 is 6.36 Å². The van der Waals surface area contributed by atoms with Gasteiger partial charge in [0.15, 0.2) is 0 Å². The highest BCUT2D eigenvalue weighted by Gasteiger charge is 2.47. The molecule has 1 aliphatic rings.